The maximum atomic E-state index is 13.8. The Balaban J connectivity index is 1.35. The number of aromatic nitrogens is 1. The number of benzene rings is 3. The molecule has 0 spiro atoms. The third-order valence-electron chi connectivity index (χ3n) is 6.53. The first-order valence-electron chi connectivity index (χ1n) is 11.9. The molecule has 0 saturated carbocycles. The smallest absolute Gasteiger partial charge is 0.254 e. The maximum absolute atomic E-state index is 13.8. The summed E-state index contributed by atoms with van der Waals surface area (Å²) in [6, 6.07) is 28.5. The molecule has 1 amide bonds. The zero-order valence-corrected chi connectivity index (χ0v) is 19.5. The highest BCUT2D eigenvalue weighted by Gasteiger charge is 2.26. The van der Waals surface area contributed by atoms with Crippen LogP contribution in [0, 0.1) is 6.92 Å². The lowest BCUT2D eigenvalue weighted by atomic mass is 9.96. The summed E-state index contributed by atoms with van der Waals surface area (Å²) in [7, 11) is 0. The topological polar surface area (TPSA) is 36.4 Å². The molecule has 4 nitrogen and oxygen atoms in total. The van der Waals surface area contributed by atoms with Crippen LogP contribution in [0.1, 0.15) is 21.5 Å². The summed E-state index contributed by atoms with van der Waals surface area (Å²) in [6.45, 7) is 6.13. The molecule has 1 saturated heterocycles. The number of hydrogen-bond acceptors (Lipinski definition) is 3. The highest BCUT2D eigenvalue weighted by Crippen LogP contribution is 2.30. The molecule has 1 aromatic heterocycles. The van der Waals surface area contributed by atoms with Crippen molar-refractivity contribution in [2.45, 2.75) is 6.92 Å². The zero-order chi connectivity index (χ0) is 23.3. The molecule has 1 aliphatic heterocycles. The number of pyridine rings is 1. The van der Waals surface area contributed by atoms with Gasteiger partial charge in [-0.2, -0.15) is 0 Å². The molecule has 0 unspecified atom stereocenters. The minimum Gasteiger partial charge on any atom is -0.336 e. The SMILES string of the molecule is Cc1c(-c2ccccc2)nc2ccccc2c1C(=O)N1CCN(C/C=C/c2ccccc2)CC1. The Morgan fingerprint density at radius 1 is 0.853 bits per heavy atom. The van der Waals surface area contributed by atoms with Crippen molar-refractivity contribution in [1.82, 2.24) is 14.8 Å². The summed E-state index contributed by atoms with van der Waals surface area (Å²) in [6.07, 6.45) is 4.37. The standard InChI is InChI=1S/C30H29N3O/c1-23-28(26-16-8-9-17-27(26)31-29(23)25-14-6-3-7-15-25)30(34)33-21-19-32(20-22-33)18-10-13-24-11-4-2-5-12-24/h2-17H,18-22H2,1H3/b13-10+. The molecule has 0 bridgehead atoms. The Labute approximate surface area is 201 Å². The van der Waals surface area contributed by atoms with Crippen LogP contribution < -0.4 is 0 Å². The van der Waals surface area contributed by atoms with Gasteiger partial charge in [0.2, 0.25) is 0 Å². The van der Waals surface area contributed by atoms with E-state index in [1.165, 1.54) is 5.56 Å². The Bertz CT molecular complexity index is 1310. The lowest BCUT2D eigenvalue weighted by molar-refractivity contribution is 0.0651. The predicted octanol–water partition coefficient (Wildman–Crippen LogP) is 5.68. The molecule has 1 aliphatic rings. The van der Waals surface area contributed by atoms with Crippen molar-refractivity contribution >= 4 is 22.9 Å². The molecular formula is C30H29N3O. The Morgan fingerprint density at radius 3 is 2.24 bits per heavy atom. The van der Waals surface area contributed by atoms with E-state index in [4.69, 9.17) is 4.98 Å². The van der Waals surface area contributed by atoms with Gasteiger partial charge >= 0.3 is 0 Å². The van der Waals surface area contributed by atoms with E-state index in [2.05, 4.69) is 53.5 Å². The number of carbonyl (C=O) groups is 1. The highest BCUT2D eigenvalue weighted by atomic mass is 16.2. The van der Waals surface area contributed by atoms with E-state index in [1.54, 1.807) is 0 Å². The van der Waals surface area contributed by atoms with Crippen molar-refractivity contribution in [3.05, 3.63) is 108 Å². The fourth-order valence-electron chi connectivity index (χ4n) is 4.65. The van der Waals surface area contributed by atoms with Gasteiger partial charge in [-0.05, 0) is 24.1 Å². The summed E-state index contributed by atoms with van der Waals surface area (Å²) in [5, 5.41) is 0.929. The van der Waals surface area contributed by atoms with Gasteiger partial charge in [-0.25, -0.2) is 4.98 Å². The summed E-state index contributed by atoms with van der Waals surface area (Å²) >= 11 is 0. The molecule has 4 aromatic rings. The first-order chi connectivity index (χ1) is 16.7. The van der Waals surface area contributed by atoms with Crippen LogP contribution in [0.5, 0.6) is 0 Å². The van der Waals surface area contributed by atoms with E-state index in [0.29, 0.717) is 0 Å². The van der Waals surface area contributed by atoms with Gasteiger partial charge in [0.25, 0.3) is 5.91 Å². The first kappa shape index (κ1) is 22.1. The van der Waals surface area contributed by atoms with E-state index in [-0.39, 0.29) is 5.91 Å². The fraction of sp³-hybridized carbons (Fsp3) is 0.200. The average Bonchev–Trinajstić information content (AvgIpc) is 2.89. The first-order valence-corrected chi connectivity index (χ1v) is 11.9. The van der Waals surface area contributed by atoms with Gasteiger partial charge in [0.1, 0.15) is 0 Å². The van der Waals surface area contributed by atoms with Crippen molar-refractivity contribution in [3.63, 3.8) is 0 Å². The van der Waals surface area contributed by atoms with Gasteiger partial charge in [-0.1, -0.05) is 91.0 Å². The number of para-hydroxylation sites is 1. The second-order valence-electron chi connectivity index (χ2n) is 8.75. The normalized spacial score (nSPS) is 14.7. The average molecular weight is 448 g/mol. The molecule has 0 radical (unpaired) electrons. The van der Waals surface area contributed by atoms with Crippen LogP contribution in [0.25, 0.3) is 28.2 Å². The van der Waals surface area contributed by atoms with Crippen LogP contribution in [0.15, 0.2) is 91.0 Å². The summed E-state index contributed by atoms with van der Waals surface area (Å²) in [5.74, 6) is 0.104. The number of fused-ring (bicyclic) bond motifs is 1. The van der Waals surface area contributed by atoms with Crippen molar-refractivity contribution < 1.29 is 4.79 Å². The second kappa shape index (κ2) is 10.0. The van der Waals surface area contributed by atoms with Gasteiger partial charge < -0.3 is 4.90 Å². The van der Waals surface area contributed by atoms with Gasteiger partial charge in [0.15, 0.2) is 0 Å². The van der Waals surface area contributed by atoms with Crippen LogP contribution in [-0.4, -0.2) is 53.4 Å². The van der Waals surface area contributed by atoms with Crippen molar-refractivity contribution in [2.24, 2.45) is 0 Å². The van der Waals surface area contributed by atoms with E-state index in [9.17, 15) is 4.79 Å². The number of rotatable bonds is 5. The third kappa shape index (κ3) is 4.63. The third-order valence-corrected chi connectivity index (χ3v) is 6.53. The number of piperazine rings is 1. The van der Waals surface area contributed by atoms with Gasteiger partial charge in [-0.15, -0.1) is 0 Å². The summed E-state index contributed by atoms with van der Waals surface area (Å²) in [4.78, 5) is 23.1. The van der Waals surface area contributed by atoms with Crippen LogP contribution in [0.4, 0.5) is 0 Å². The lowest BCUT2D eigenvalue weighted by Gasteiger charge is -2.34. The molecule has 1 fully saturated rings. The molecule has 2 heterocycles. The predicted molar refractivity (Wildman–Crippen MR) is 140 cm³/mol. The monoisotopic (exact) mass is 447 g/mol. The number of carbonyl (C=O) groups excluding carboxylic acids is 1. The van der Waals surface area contributed by atoms with Gasteiger partial charge in [-0.3, -0.25) is 9.69 Å². The second-order valence-corrected chi connectivity index (χ2v) is 8.75. The van der Waals surface area contributed by atoms with E-state index >= 15 is 0 Å². The molecule has 0 atom stereocenters. The number of nitrogens with zero attached hydrogens (tertiary/aromatic N) is 3. The van der Waals surface area contributed by atoms with E-state index < -0.39 is 0 Å². The van der Waals surface area contributed by atoms with Gasteiger partial charge in [0.05, 0.1) is 16.8 Å². The minimum absolute atomic E-state index is 0.104. The molecular weight excluding hydrogens is 418 g/mol. The van der Waals surface area contributed by atoms with Crippen molar-refractivity contribution in [3.8, 4) is 11.3 Å². The lowest BCUT2D eigenvalue weighted by Crippen LogP contribution is -2.48. The molecule has 34 heavy (non-hydrogen) atoms. The molecule has 5 rings (SSSR count). The molecule has 0 aliphatic carbocycles. The van der Waals surface area contributed by atoms with Crippen LogP contribution >= 0.6 is 0 Å². The van der Waals surface area contributed by atoms with E-state index in [0.717, 1.165) is 66.0 Å². The minimum atomic E-state index is 0.104. The highest BCUT2D eigenvalue weighted by molar-refractivity contribution is 6.09. The summed E-state index contributed by atoms with van der Waals surface area (Å²) in [5.41, 5.74) is 5.72. The number of hydrogen-bond donors (Lipinski definition) is 0. The van der Waals surface area contributed by atoms with E-state index in [1.807, 2.05) is 60.4 Å². The molecule has 0 N–H and O–H groups in total. The zero-order valence-electron chi connectivity index (χ0n) is 19.5. The fourth-order valence-corrected chi connectivity index (χ4v) is 4.65. The quantitative estimate of drug-likeness (QED) is 0.395. The van der Waals surface area contributed by atoms with Crippen molar-refractivity contribution in [1.29, 1.82) is 0 Å². The molecule has 4 heteroatoms. The van der Waals surface area contributed by atoms with Gasteiger partial charge in [0, 0.05) is 43.7 Å². The van der Waals surface area contributed by atoms with Crippen LogP contribution in [0.3, 0.4) is 0 Å². The molecule has 170 valence electrons. The summed E-state index contributed by atoms with van der Waals surface area (Å²) < 4.78 is 0. The largest absolute Gasteiger partial charge is 0.336 e. The van der Waals surface area contributed by atoms with Crippen LogP contribution in [0.2, 0.25) is 0 Å². The number of amides is 1. The Hall–Kier alpha value is -3.76. The Morgan fingerprint density at radius 2 is 1.50 bits per heavy atom. The Kier molecular flexibility index (Phi) is 6.50. The van der Waals surface area contributed by atoms with Crippen LogP contribution in [-0.2, 0) is 0 Å². The molecule has 3 aromatic carbocycles. The maximum Gasteiger partial charge on any atom is 0.254 e. The van der Waals surface area contributed by atoms with Crippen molar-refractivity contribution in [2.75, 3.05) is 32.7 Å².